The van der Waals surface area contributed by atoms with Crippen molar-refractivity contribution in [3.63, 3.8) is 0 Å². The second kappa shape index (κ2) is 50.4. The molecule has 0 spiro atoms. The molecule has 0 saturated heterocycles. The molecule has 67 heavy (non-hydrogen) atoms. The smallest absolute Gasteiger partial charge is 0.268 e. The van der Waals surface area contributed by atoms with E-state index in [0.717, 1.165) is 38.5 Å². The molecule has 0 aromatic carbocycles. The minimum Gasteiger partial charge on any atom is -0.756 e. The summed E-state index contributed by atoms with van der Waals surface area (Å²) in [5.41, 5.74) is 0. The fourth-order valence-corrected chi connectivity index (χ4v) is 10.1. The van der Waals surface area contributed by atoms with Crippen LogP contribution in [0.4, 0.5) is 0 Å². The lowest BCUT2D eigenvalue weighted by Crippen LogP contribution is -2.46. The van der Waals surface area contributed by atoms with Crippen LogP contribution in [-0.4, -0.2) is 68.5 Å². The summed E-state index contributed by atoms with van der Waals surface area (Å²) in [6.07, 6.45) is 60.1. The Morgan fingerprint density at radius 1 is 0.463 bits per heavy atom. The maximum absolute atomic E-state index is 13.0. The van der Waals surface area contributed by atoms with Crippen molar-refractivity contribution in [2.45, 2.75) is 328 Å². The first-order chi connectivity index (χ1) is 32.5. The van der Waals surface area contributed by atoms with E-state index in [1.165, 1.54) is 250 Å². The van der Waals surface area contributed by atoms with Crippen LogP contribution >= 0.6 is 7.82 Å². The highest BCUT2D eigenvalue weighted by atomic mass is 31.2. The predicted molar refractivity (Wildman–Crippen MR) is 289 cm³/mol. The van der Waals surface area contributed by atoms with Crippen LogP contribution in [-0.2, 0) is 18.4 Å². The first-order valence-electron chi connectivity index (χ1n) is 29.9. The van der Waals surface area contributed by atoms with Gasteiger partial charge in [-0.1, -0.05) is 296 Å². The van der Waals surface area contributed by atoms with E-state index in [9.17, 15) is 19.4 Å². The average molecular weight is 972 g/mol. The molecule has 3 unspecified atom stereocenters. The fourth-order valence-electron chi connectivity index (χ4n) is 9.40. The van der Waals surface area contributed by atoms with Gasteiger partial charge in [0.15, 0.2) is 0 Å². The fraction of sp³-hybridized carbons (Fsp3) is 0.983. The van der Waals surface area contributed by atoms with Gasteiger partial charge in [-0.15, -0.1) is 0 Å². The number of phosphoric acid groups is 1. The Morgan fingerprint density at radius 3 is 1.01 bits per heavy atom. The third-order valence-corrected chi connectivity index (χ3v) is 15.1. The van der Waals surface area contributed by atoms with Gasteiger partial charge in [0.2, 0.25) is 5.91 Å². The molecule has 0 aliphatic heterocycles. The standard InChI is InChI=1S/C58H119N2O6P/c1-6-8-10-12-14-16-18-20-22-23-24-25-26-27-28-29-30-31-32-33-34-35-36-38-39-41-43-45-47-49-51-57(61)56(55-66-67(63,64)65-54-53-60(3,4)5)59-58(62)52-50-48-46-44-42-40-37-21-19-17-15-13-11-9-7-2/h56-57,61H,6-55H2,1-5H3,(H-,59,62,63,64). The molecule has 8 nitrogen and oxygen atoms in total. The molecule has 0 fully saturated rings. The number of quaternary nitrogens is 1. The number of rotatable bonds is 56. The Labute approximate surface area is 419 Å². The van der Waals surface area contributed by atoms with E-state index >= 15 is 0 Å². The van der Waals surface area contributed by atoms with Gasteiger partial charge in [0, 0.05) is 6.42 Å². The Morgan fingerprint density at radius 2 is 0.731 bits per heavy atom. The molecular formula is C58H119N2O6P. The van der Waals surface area contributed by atoms with Gasteiger partial charge in [-0.2, -0.15) is 0 Å². The zero-order chi connectivity index (χ0) is 49.2. The molecular weight excluding hydrogens is 852 g/mol. The highest BCUT2D eigenvalue weighted by molar-refractivity contribution is 7.45. The van der Waals surface area contributed by atoms with Crippen LogP contribution in [0.3, 0.4) is 0 Å². The summed E-state index contributed by atoms with van der Waals surface area (Å²) < 4.78 is 23.4. The van der Waals surface area contributed by atoms with Gasteiger partial charge in [0.05, 0.1) is 39.9 Å². The van der Waals surface area contributed by atoms with Crippen molar-refractivity contribution in [2.75, 3.05) is 40.9 Å². The molecule has 2 N–H and O–H groups in total. The zero-order valence-electron chi connectivity index (χ0n) is 45.9. The molecule has 0 rings (SSSR count). The zero-order valence-corrected chi connectivity index (χ0v) is 46.8. The second-order valence-corrected chi connectivity index (χ2v) is 23.5. The number of nitrogens with zero attached hydrogens (tertiary/aromatic N) is 1. The number of phosphoric ester groups is 1. The summed E-state index contributed by atoms with van der Waals surface area (Å²) in [5, 5.41) is 14.0. The lowest BCUT2D eigenvalue weighted by Gasteiger charge is -2.30. The second-order valence-electron chi connectivity index (χ2n) is 22.1. The molecule has 0 aliphatic carbocycles. The lowest BCUT2D eigenvalue weighted by atomic mass is 10.0. The predicted octanol–water partition coefficient (Wildman–Crippen LogP) is 17.4. The van der Waals surface area contributed by atoms with Crippen LogP contribution in [0.25, 0.3) is 0 Å². The number of carbonyl (C=O) groups excluding carboxylic acids is 1. The SMILES string of the molecule is CCCCCCCCCCCCCCCCCCCCCCCCCCCCCCCCC(O)C(COP(=O)([O-])OCC[N+](C)(C)C)NC(=O)CCCCCCCCCCCCCCCCC. The summed E-state index contributed by atoms with van der Waals surface area (Å²) in [5.74, 6) is -0.158. The van der Waals surface area contributed by atoms with Crippen LogP contribution < -0.4 is 10.2 Å². The number of amides is 1. The Balaban J connectivity index is 4.01. The third kappa shape index (κ3) is 53.1. The molecule has 402 valence electrons. The molecule has 1 amide bonds. The van der Waals surface area contributed by atoms with E-state index < -0.39 is 20.0 Å². The number of carbonyl (C=O) groups is 1. The largest absolute Gasteiger partial charge is 0.756 e. The average Bonchev–Trinajstić information content (AvgIpc) is 3.29. The maximum atomic E-state index is 13.0. The summed E-state index contributed by atoms with van der Waals surface area (Å²) in [6.45, 7) is 4.77. The number of unbranched alkanes of at least 4 members (excludes halogenated alkanes) is 43. The number of aliphatic hydroxyl groups is 1. The van der Waals surface area contributed by atoms with E-state index in [2.05, 4.69) is 19.2 Å². The number of hydrogen-bond acceptors (Lipinski definition) is 6. The monoisotopic (exact) mass is 971 g/mol. The van der Waals surface area contributed by atoms with E-state index in [4.69, 9.17) is 9.05 Å². The Kier molecular flexibility index (Phi) is 50.1. The lowest BCUT2D eigenvalue weighted by molar-refractivity contribution is -0.870. The molecule has 0 aliphatic rings. The number of likely N-dealkylation sites (N-methyl/N-ethyl adjacent to an activating group) is 1. The Hall–Kier alpha value is -0.500. The quantitative estimate of drug-likeness (QED) is 0.0357. The van der Waals surface area contributed by atoms with Crippen molar-refractivity contribution in [1.82, 2.24) is 5.32 Å². The van der Waals surface area contributed by atoms with Crippen LogP contribution in [0, 0.1) is 0 Å². The minimum atomic E-state index is -4.57. The molecule has 0 aromatic rings. The van der Waals surface area contributed by atoms with E-state index in [1.54, 1.807) is 0 Å². The van der Waals surface area contributed by atoms with Crippen molar-refractivity contribution >= 4 is 13.7 Å². The van der Waals surface area contributed by atoms with Crippen molar-refractivity contribution in [1.29, 1.82) is 0 Å². The summed E-state index contributed by atoms with van der Waals surface area (Å²) in [7, 11) is 1.33. The van der Waals surface area contributed by atoms with Crippen molar-refractivity contribution in [2.24, 2.45) is 0 Å². The van der Waals surface area contributed by atoms with Crippen molar-refractivity contribution in [3.8, 4) is 0 Å². The Bertz CT molecular complexity index is 1060. The summed E-state index contributed by atoms with van der Waals surface area (Å²) in [6, 6.07) is -0.795. The van der Waals surface area contributed by atoms with E-state index in [0.29, 0.717) is 23.9 Å². The number of hydrogen-bond donors (Lipinski definition) is 2. The summed E-state index contributed by atoms with van der Waals surface area (Å²) in [4.78, 5) is 25.5. The van der Waals surface area contributed by atoms with Crippen molar-refractivity contribution in [3.05, 3.63) is 0 Å². The van der Waals surface area contributed by atoms with Crippen LogP contribution in [0.2, 0.25) is 0 Å². The van der Waals surface area contributed by atoms with Gasteiger partial charge in [-0.3, -0.25) is 9.36 Å². The highest BCUT2D eigenvalue weighted by Gasteiger charge is 2.24. The minimum absolute atomic E-state index is 0.0166. The van der Waals surface area contributed by atoms with E-state index in [-0.39, 0.29) is 19.1 Å². The molecule has 0 aromatic heterocycles. The molecule has 0 radical (unpaired) electrons. The van der Waals surface area contributed by atoms with Gasteiger partial charge < -0.3 is 28.8 Å². The van der Waals surface area contributed by atoms with Gasteiger partial charge in [0.1, 0.15) is 13.2 Å². The normalized spacial score (nSPS) is 13.8. The van der Waals surface area contributed by atoms with Crippen molar-refractivity contribution < 1.29 is 32.9 Å². The van der Waals surface area contributed by atoms with Crippen LogP contribution in [0.5, 0.6) is 0 Å². The topological polar surface area (TPSA) is 108 Å². The first kappa shape index (κ1) is 66.5. The highest BCUT2D eigenvalue weighted by Crippen LogP contribution is 2.38. The van der Waals surface area contributed by atoms with Crippen LogP contribution in [0.15, 0.2) is 0 Å². The molecule has 9 heteroatoms. The molecule has 0 saturated carbocycles. The number of nitrogens with one attached hydrogen (secondary N) is 1. The van der Waals surface area contributed by atoms with Crippen LogP contribution in [0.1, 0.15) is 316 Å². The first-order valence-corrected chi connectivity index (χ1v) is 31.3. The molecule has 3 atom stereocenters. The maximum Gasteiger partial charge on any atom is 0.268 e. The number of aliphatic hydroxyl groups excluding tert-OH is 1. The van der Waals surface area contributed by atoms with Gasteiger partial charge in [-0.05, 0) is 12.8 Å². The van der Waals surface area contributed by atoms with E-state index in [1.807, 2.05) is 21.1 Å². The molecule has 0 heterocycles. The third-order valence-electron chi connectivity index (χ3n) is 14.1. The van der Waals surface area contributed by atoms with Gasteiger partial charge in [-0.25, -0.2) is 0 Å². The summed E-state index contributed by atoms with van der Waals surface area (Å²) >= 11 is 0. The molecule has 0 bridgehead atoms. The van der Waals surface area contributed by atoms with Gasteiger partial charge >= 0.3 is 0 Å². The van der Waals surface area contributed by atoms with Gasteiger partial charge in [0.25, 0.3) is 7.82 Å².